The van der Waals surface area contributed by atoms with Crippen LogP contribution in [0, 0.1) is 0 Å². The van der Waals surface area contributed by atoms with E-state index in [9.17, 15) is 9.59 Å². The highest BCUT2D eigenvalue weighted by Crippen LogP contribution is 2.41. The SMILES string of the molecule is COc1cc(C=C2C(=O)c3ccccc3C2=O)cc2c1OCCO2. The van der Waals surface area contributed by atoms with Gasteiger partial charge in [0.25, 0.3) is 0 Å². The molecule has 2 aromatic carbocycles. The van der Waals surface area contributed by atoms with Gasteiger partial charge in [0.05, 0.1) is 12.7 Å². The third-order valence-corrected chi connectivity index (χ3v) is 4.07. The maximum absolute atomic E-state index is 12.5. The molecule has 5 heteroatoms. The zero-order valence-corrected chi connectivity index (χ0v) is 13.0. The molecular weight excluding hydrogens is 308 g/mol. The van der Waals surface area contributed by atoms with Gasteiger partial charge in [-0.2, -0.15) is 0 Å². The highest BCUT2D eigenvalue weighted by atomic mass is 16.6. The molecule has 1 aliphatic heterocycles. The average Bonchev–Trinajstić information content (AvgIpc) is 2.86. The van der Waals surface area contributed by atoms with E-state index in [1.165, 1.54) is 7.11 Å². The first kappa shape index (κ1) is 14.5. The summed E-state index contributed by atoms with van der Waals surface area (Å²) in [5.41, 5.74) is 1.69. The second kappa shape index (κ2) is 5.53. The summed E-state index contributed by atoms with van der Waals surface area (Å²) >= 11 is 0. The number of allylic oxidation sites excluding steroid dienone is 1. The molecule has 5 nitrogen and oxygen atoms in total. The van der Waals surface area contributed by atoms with Gasteiger partial charge in [-0.25, -0.2) is 0 Å². The van der Waals surface area contributed by atoms with Crippen LogP contribution < -0.4 is 14.2 Å². The number of hydrogen-bond donors (Lipinski definition) is 0. The summed E-state index contributed by atoms with van der Waals surface area (Å²) < 4.78 is 16.5. The van der Waals surface area contributed by atoms with Crippen molar-refractivity contribution in [2.24, 2.45) is 0 Å². The molecule has 0 bridgehead atoms. The van der Waals surface area contributed by atoms with E-state index in [0.717, 1.165) is 0 Å². The molecule has 0 N–H and O–H groups in total. The van der Waals surface area contributed by atoms with Crippen LogP contribution in [0.2, 0.25) is 0 Å². The van der Waals surface area contributed by atoms with Crippen molar-refractivity contribution in [3.05, 3.63) is 58.7 Å². The molecule has 2 aromatic rings. The van der Waals surface area contributed by atoms with Gasteiger partial charge in [0.15, 0.2) is 23.1 Å². The van der Waals surface area contributed by atoms with Gasteiger partial charge < -0.3 is 14.2 Å². The van der Waals surface area contributed by atoms with Crippen LogP contribution in [0.25, 0.3) is 6.08 Å². The van der Waals surface area contributed by atoms with Crippen molar-refractivity contribution in [3.63, 3.8) is 0 Å². The van der Waals surface area contributed by atoms with Crippen LogP contribution >= 0.6 is 0 Å². The molecule has 0 saturated heterocycles. The minimum absolute atomic E-state index is 0.148. The van der Waals surface area contributed by atoms with Crippen molar-refractivity contribution < 1.29 is 23.8 Å². The van der Waals surface area contributed by atoms with E-state index in [2.05, 4.69) is 0 Å². The van der Waals surface area contributed by atoms with Crippen molar-refractivity contribution in [1.82, 2.24) is 0 Å². The molecule has 0 saturated carbocycles. The number of hydrogen-bond acceptors (Lipinski definition) is 5. The summed E-state index contributed by atoms with van der Waals surface area (Å²) in [5, 5.41) is 0. The largest absolute Gasteiger partial charge is 0.493 e. The Balaban J connectivity index is 1.80. The van der Waals surface area contributed by atoms with E-state index in [1.54, 1.807) is 42.5 Å². The van der Waals surface area contributed by atoms with Crippen molar-refractivity contribution in [2.75, 3.05) is 20.3 Å². The first-order valence-corrected chi connectivity index (χ1v) is 7.57. The highest BCUT2D eigenvalue weighted by molar-refractivity contribution is 6.41. The summed E-state index contributed by atoms with van der Waals surface area (Å²) in [4.78, 5) is 25.0. The standard InChI is InChI=1S/C19H14O5/c1-22-15-9-11(10-16-19(15)24-7-6-23-16)8-14-17(20)12-4-2-3-5-13(12)18(14)21/h2-5,8-10H,6-7H2,1H3. The van der Waals surface area contributed by atoms with E-state index >= 15 is 0 Å². The molecular formula is C19H14O5. The van der Waals surface area contributed by atoms with Crippen LogP contribution in [0.5, 0.6) is 17.2 Å². The van der Waals surface area contributed by atoms with E-state index in [0.29, 0.717) is 47.2 Å². The van der Waals surface area contributed by atoms with Crippen LogP contribution in [-0.2, 0) is 0 Å². The van der Waals surface area contributed by atoms with Gasteiger partial charge in [-0.15, -0.1) is 0 Å². The van der Waals surface area contributed by atoms with Gasteiger partial charge >= 0.3 is 0 Å². The van der Waals surface area contributed by atoms with Gasteiger partial charge in [-0.1, -0.05) is 24.3 Å². The number of carbonyl (C=O) groups is 2. The fraction of sp³-hybridized carbons (Fsp3) is 0.158. The van der Waals surface area contributed by atoms with E-state index < -0.39 is 0 Å². The first-order chi connectivity index (χ1) is 11.7. The monoisotopic (exact) mass is 322 g/mol. The van der Waals surface area contributed by atoms with Crippen molar-refractivity contribution >= 4 is 17.6 Å². The summed E-state index contributed by atoms with van der Waals surface area (Å²) in [5.74, 6) is 1.07. The molecule has 0 fully saturated rings. The van der Waals surface area contributed by atoms with Crippen molar-refractivity contribution in [3.8, 4) is 17.2 Å². The van der Waals surface area contributed by atoms with E-state index in [-0.39, 0.29) is 17.1 Å². The molecule has 0 atom stereocenters. The zero-order chi connectivity index (χ0) is 16.7. The fourth-order valence-electron chi connectivity index (χ4n) is 2.95. The van der Waals surface area contributed by atoms with Gasteiger partial charge in [0.2, 0.25) is 5.75 Å². The minimum atomic E-state index is -0.260. The van der Waals surface area contributed by atoms with Crippen LogP contribution in [-0.4, -0.2) is 31.9 Å². The molecule has 0 aromatic heterocycles. The molecule has 0 spiro atoms. The van der Waals surface area contributed by atoms with Gasteiger partial charge in [-0.05, 0) is 23.8 Å². The first-order valence-electron chi connectivity index (χ1n) is 7.57. The Morgan fingerprint density at radius 3 is 2.33 bits per heavy atom. The second-order valence-electron chi connectivity index (χ2n) is 5.51. The number of ether oxygens (including phenoxy) is 3. The van der Waals surface area contributed by atoms with Crippen LogP contribution in [0.1, 0.15) is 26.3 Å². The molecule has 4 rings (SSSR count). The van der Waals surface area contributed by atoms with E-state index in [1.807, 2.05) is 0 Å². The second-order valence-corrected chi connectivity index (χ2v) is 5.51. The predicted molar refractivity (Wildman–Crippen MR) is 87.1 cm³/mol. The number of methoxy groups -OCH3 is 1. The third-order valence-electron chi connectivity index (χ3n) is 4.07. The lowest BCUT2D eigenvalue weighted by Gasteiger charge is -2.21. The number of rotatable bonds is 2. The Kier molecular flexibility index (Phi) is 3.34. The maximum atomic E-state index is 12.5. The Labute approximate surface area is 138 Å². The van der Waals surface area contributed by atoms with Crippen LogP contribution in [0.15, 0.2) is 42.0 Å². The molecule has 0 radical (unpaired) electrons. The van der Waals surface area contributed by atoms with Gasteiger partial charge in [0, 0.05) is 11.1 Å². The number of benzene rings is 2. The van der Waals surface area contributed by atoms with Crippen molar-refractivity contribution in [1.29, 1.82) is 0 Å². The fourth-order valence-corrected chi connectivity index (χ4v) is 2.95. The summed E-state index contributed by atoms with van der Waals surface area (Å²) in [7, 11) is 1.53. The summed E-state index contributed by atoms with van der Waals surface area (Å²) in [6.45, 7) is 0.898. The highest BCUT2D eigenvalue weighted by Gasteiger charge is 2.32. The molecule has 2 aliphatic rings. The lowest BCUT2D eigenvalue weighted by molar-refractivity contribution is 0.0990. The smallest absolute Gasteiger partial charge is 0.203 e. The Morgan fingerprint density at radius 2 is 1.67 bits per heavy atom. The topological polar surface area (TPSA) is 61.8 Å². The molecule has 0 amide bonds. The zero-order valence-electron chi connectivity index (χ0n) is 13.0. The summed E-state index contributed by atoms with van der Waals surface area (Å²) in [6, 6.07) is 10.3. The Morgan fingerprint density at radius 1 is 1.00 bits per heavy atom. The lowest BCUT2D eigenvalue weighted by atomic mass is 10.1. The molecule has 120 valence electrons. The van der Waals surface area contributed by atoms with Gasteiger partial charge in [-0.3, -0.25) is 9.59 Å². The predicted octanol–water partition coefficient (Wildman–Crippen LogP) is 2.93. The van der Waals surface area contributed by atoms with Crippen LogP contribution in [0.4, 0.5) is 0 Å². The van der Waals surface area contributed by atoms with E-state index in [4.69, 9.17) is 14.2 Å². The number of fused-ring (bicyclic) bond motifs is 2. The number of ketones is 2. The lowest BCUT2D eigenvalue weighted by Crippen LogP contribution is -2.16. The maximum Gasteiger partial charge on any atom is 0.203 e. The summed E-state index contributed by atoms with van der Waals surface area (Å²) in [6.07, 6.45) is 1.57. The minimum Gasteiger partial charge on any atom is -0.493 e. The molecule has 1 aliphatic carbocycles. The van der Waals surface area contributed by atoms with Gasteiger partial charge in [0.1, 0.15) is 13.2 Å². The third kappa shape index (κ3) is 2.17. The Bertz CT molecular complexity index is 840. The number of carbonyl (C=O) groups excluding carboxylic acids is 2. The molecule has 1 heterocycles. The van der Waals surface area contributed by atoms with Crippen LogP contribution in [0.3, 0.4) is 0 Å². The molecule has 0 unspecified atom stereocenters. The molecule has 24 heavy (non-hydrogen) atoms. The number of Topliss-reactive ketones (excluding diaryl/α,β-unsaturated/α-hetero) is 2. The van der Waals surface area contributed by atoms with Crippen molar-refractivity contribution in [2.45, 2.75) is 0 Å². The average molecular weight is 322 g/mol. The quantitative estimate of drug-likeness (QED) is 0.628. The normalized spacial score (nSPS) is 15.3. The Hall–Kier alpha value is -3.08.